The van der Waals surface area contributed by atoms with Gasteiger partial charge in [-0.25, -0.2) is 8.42 Å². The van der Waals surface area contributed by atoms with Crippen LogP contribution in [0.2, 0.25) is 5.02 Å². The topological polar surface area (TPSA) is 86.8 Å². The average Bonchev–Trinajstić information content (AvgIpc) is 2.88. The Kier molecular flexibility index (Phi) is 9.72. The third-order valence-corrected chi connectivity index (χ3v) is 7.93. The summed E-state index contributed by atoms with van der Waals surface area (Å²) in [5, 5.41) is 3.33. The molecule has 1 atom stereocenters. The predicted octanol–water partition coefficient (Wildman–Crippen LogP) is 4.87. The first-order chi connectivity index (χ1) is 17.6. The lowest BCUT2D eigenvalue weighted by molar-refractivity contribution is -0.140. The van der Waals surface area contributed by atoms with Crippen LogP contribution in [0.4, 0.5) is 5.69 Å². The van der Waals surface area contributed by atoms with Crippen LogP contribution in [0.25, 0.3) is 0 Å². The van der Waals surface area contributed by atoms with Gasteiger partial charge in [0.05, 0.1) is 10.6 Å². The van der Waals surface area contributed by atoms with Crippen molar-refractivity contribution in [1.29, 1.82) is 0 Å². The number of nitrogens with one attached hydrogen (secondary N) is 1. The molecule has 0 aliphatic heterocycles. The molecule has 2 amide bonds. The van der Waals surface area contributed by atoms with Crippen molar-refractivity contribution in [3.63, 3.8) is 0 Å². The fourth-order valence-electron chi connectivity index (χ4n) is 3.95. The van der Waals surface area contributed by atoms with Gasteiger partial charge in [-0.05, 0) is 56.2 Å². The maximum absolute atomic E-state index is 13.9. The van der Waals surface area contributed by atoms with E-state index in [1.807, 2.05) is 20.8 Å². The number of amides is 2. The smallest absolute Gasteiger partial charge is 0.264 e. The zero-order chi connectivity index (χ0) is 27.0. The van der Waals surface area contributed by atoms with E-state index in [1.54, 1.807) is 72.8 Å². The van der Waals surface area contributed by atoms with Gasteiger partial charge in [-0.1, -0.05) is 73.1 Å². The highest BCUT2D eigenvalue weighted by atomic mass is 35.5. The molecule has 37 heavy (non-hydrogen) atoms. The molecule has 0 saturated heterocycles. The lowest BCUT2D eigenvalue weighted by atomic mass is 10.1. The SMILES string of the molecule is CC[C@@H](C(=O)NC(C)C)N(Cc1ccccc1Cl)C(=O)CN(c1ccccc1)S(=O)(=O)c1ccccc1. The second-order valence-electron chi connectivity index (χ2n) is 8.86. The van der Waals surface area contributed by atoms with Crippen molar-refractivity contribution in [2.45, 2.75) is 50.7 Å². The van der Waals surface area contributed by atoms with Crippen molar-refractivity contribution in [3.8, 4) is 0 Å². The van der Waals surface area contributed by atoms with E-state index in [2.05, 4.69) is 5.32 Å². The number of carbonyl (C=O) groups excluding carboxylic acids is 2. The molecule has 9 heteroatoms. The number of nitrogens with zero attached hydrogens (tertiary/aromatic N) is 2. The van der Waals surface area contributed by atoms with Gasteiger partial charge in [0.15, 0.2) is 0 Å². The van der Waals surface area contributed by atoms with Gasteiger partial charge < -0.3 is 10.2 Å². The van der Waals surface area contributed by atoms with Crippen LogP contribution in [0.1, 0.15) is 32.8 Å². The van der Waals surface area contributed by atoms with Crippen molar-refractivity contribution in [2.24, 2.45) is 0 Å². The molecule has 7 nitrogen and oxygen atoms in total. The van der Waals surface area contributed by atoms with Gasteiger partial charge in [0.2, 0.25) is 11.8 Å². The first kappa shape index (κ1) is 28.2. The molecule has 0 spiro atoms. The number of benzene rings is 3. The lowest BCUT2D eigenvalue weighted by Gasteiger charge is -2.33. The second-order valence-corrected chi connectivity index (χ2v) is 11.1. The van der Waals surface area contributed by atoms with Crippen LogP contribution in [-0.4, -0.2) is 43.8 Å². The Morgan fingerprint density at radius 3 is 2.03 bits per heavy atom. The highest BCUT2D eigenvalue weighted by Gasteiger charge is 2.34. The lowest BCUT2D eigenvalue weighted by Crippen LogP contribution is -2.53. The molecule has 3 rings (SSSR count). The normalized spacial score (nSPS) is 12.1. The van der Waals surface area contributed by atoms with Crippen LogP contribution in [0.3, 0.4) is 0 Å². The molecule has 3 aromatic rings. The Bertz CT molecular complexity index is 1300. The fraction of sp³-hybridized carbons (Fsp3) is 0.286. The van der Waals surface area contributed by atoms with Gasteiger partial charge >= 0.3 is 0 Å². The zero-order valence-electron chi connectivity index (χ0n) is 21.2. The van der Waals surface area contributed by atoms with Crippen molar-refractivity contribution < 1.29 is 18.0 Å². The molecule has 0 aliphatic rings. The molecule has 0 bridgehead atoms. The second kappa shape index (κ2) is 12.7. The minimum atomic E-state index is -4.08. The Morgan fingerprint density at radius 2 is 1.46 bits per heavy atom. The molecule has 196 valence electrons. The number of rotatable bonds is 11. The molecule has 0 saturated carbocycles. The van der Waals surface area contributed by atoms with E-state index in [0.29, 0.717) is 22.7 Å². The van der Waals surface area contributed by atoms with Crippen molar-refractivity contribution in [1.82, 2.24) is 10.2 Å². The Hall–Kier alpha value is -3.36. The molecule has 0 radical (unpaired) electrons. The maximum atomic E-state index is 13.9. The van der Waals surface area contributed by atoms with Gasteiger partial charge in [-0.3, -0.25) is 13.9 Å². The zero-order valence-corrected chi connectivity index (χ0v) is 22.7. The summed E-state index contributed by atoms with van der Waals surface area (Å²) in [7, 11) is -4.08. The molecule has 0 fully saturated rings. The summed E-state index contributed by atoms with van der Waals surface area (Å²) >= 11 is 6.39. The third-order valence-electron chi connectivity index (χ3n) is 5.77. The summed E-state index contributed by atoms with van der Waals surface area (Å²) in [6.45, 7) is 5.06. The average molecular weight is 542 g/mol. The van der Waals surface area contributed by atoms with E-state index in [0.717, 1.165) is 4.31 Å². The summed E-state index contributed by atoms with van der Waals surface area (Å²) < 4.78 is 28.4. The predicted molar refractivity (Wildman–Crippen MR) is 147 cm³/mol. The summed E-state index contributed by atoms with van der Waals surface area (Å²) in [6.07, 6.45) is 0.339. The van der Waals surface area contributed by atoms with E-state index in [4.69, 9.17) is 11.6 Å². The Labute approximate surface area is 224 Å². The van der Waals surface area contributed by atoms with Crippen LogP contribution < -0.4 is 9.62 Å². The molecule has 3 aromatic carbocycles. The van der Waals surface area contributed by atoms with Gasteiger partial charge in [-0.15, -0.1) is 0 Å². The quantitative estimate of drug-likeness (QED) is 0.375. The minimum absolute atomic E-state index is 0.0521. The van der Waals surface area contributed by atoms with E-state index in [9.17, 15) is 18.0 Å². The number of hydrogen-bond acceptors (Lipinski definition) is 4. The number of halogens is 1. The largest absolute Gasteiger partial charge is 0.352 e. The summed E-state index contributed by atoms with van der Waals surface area (Å²) in [6, 6.07) is 22.5. The van der Waals surface area contributed by atoms with Crippen LogP contribution >= 0.6 is 11.6 Å². The van der Waals surface area contributed by atoms with Crippen LogP contribution in [-0.2, 0) is 26.2 Å². The number of anilines is 1. The molecule has 0 aliphatic carbocycles. The summed E-state index contributed by atoms with van der Waals surface area (Å²) in [4.78, 5) is 28.5. The number of hydrogen-bond donors (Lipinski definition) is 1. The summed E-state index contributed by atoms with van der Waals surface area (Å²) in [5.41, 5.74) is 1.00. The van der Waals surface area contributed by atoms with E-state index in [-0.39, 0.29) is 23.4 Å². The molecule has 0 heterocycles. The fourth-order valence-corrected chi connectivity index (χ4v) is 5.58. The number of carbonyl (C=O) groups is 2. The number of sulfonamides is 1. The van der Waals surface area contributed by atoms with E-state index in [1.165, 1.54) is 17.0 Å². The highest BCUT2D eigenvalue weighted by molar-refractivity contribution is 7.92. The molecule has 0 aromatic heterocycles. The number of para-hydroxylation sites is 1. The standard InChI is InChI=1S/C28H32ClN3O4S/c1-4-26(28(34)30-21(2)3)31(19-22-13-11-12-18-25(22)29)27(33)20-32(23-14-7-5-8-15-23)37(35,36)24-16-9-6-10-17-24/h5-18,21,26H,4,19-20H2,1-3H3,(H,30,34)/t26-/m0/s1. The van der Waals surface area contributed by atoms with Crippen LogP contribution in [0, 0.1) is 0 Å². The van der Waals surface area contributed by atoms with Gasteiger partial charge in [0.1, 0.15) is 12.6 Å². The van der Waals surface area contributed by atoms with Gasteiger partial charge in [0, 0.05) is 17.6 Å². The first-order valence-electron chi connectivity index (χ1n) is 12.1. The van der Waals surface area contributed by atoms with Crippen molar-refractivity contribution >= 4 is 39.1 Å². The molecular formula is C28H32ClN3O4S. The van der Waals surface area contributed by atoms with Crippen molar-refractivity contribution in [3.05, 3.63) is 95.5 Å². The van der Waals surface area contributed by atoms with E-state index < -0.39 is 28.5 Å². The first-order valence-corrected chi connectivity index (χ1v) is 13.9. The maximum Gasteiger partial charge on any atom is 0.264 e. The summed E-state index contributed by atoms with van der Waals surface area (Å²) in [5.74, 6) is -0.830. The monoisotopic (exact) mass is 541 g/mol. The minimum Gasteiger partial charge on any atom is -0.352 e. The Morgan fingerprint density at radius 1 is 0.892 bits per heavy atom. The molecule has 1 N–H and O–H groups in total. The molecule has 0 unspecified atom stereocenters. The Balaban J connectivity index is 2.04. The van der Waals surface area contributed by atoms with Gasteiger partial charge in [0.25, 0.3) is 10.0 Å². The van der Waals surface area contributed by atoms with Crippen molar-refractivity contribution in [2.75, 3.05) is 10.8 Å². The molecular weight excluding hydrogens is 510 g/mol. The van der Waals surface area contributed by atoms with E-state index >= 15 is 0 Å². The van der Waals surface area contributed by atoms with Crippen LogP contribution in [0.15, 0.2) is 89.8 Å². The van der Waals surface area contributed by atoms with Crippen LogP contribution in [0.5, 0.6) is 0 Å². The highest BCUT2D eigenvalue weighted by Crippen LogP contribution is 2.25. The van der Waals surface area contributed by atoms with Gasteiger partial charge in [-0.2, -0.15) is 0 Å². The third kappa shape index (κ3) is 7.11.